The fourth-order valence-corrected chi connectivity index (χ4v) is 2.61. The van der Waals surface area contributed by atoms with E-state index in [2.05, 4.69) is 10.1 Å². The highest BCUT2D eigenvalue weighted by Gasteiger charge is 2.21. The Bertz CT molecular complexity index is 846. The lowest BCUT2D eigenvalue weighted by molar-refractivity contribution is 0.0708. The molecule has 0 saturated heterocycles. The van der Waals surface area contributed by atoms with Gasteiger partial charge in [0.25, 0.3) is 11.8 Å². The third-order valence-electron chi connectivity index (χ3n) is 3.79. The molecule has 2 aromatic carbocycles. The number of amides is 1. The van der Waals surface area contributed by atoms with Gasteiger partial charge in [0.1, 0.15) is 0 Å². The van der Waals surface area contributed by atoms with E-state index in [9.17, 15) is 9.90 Å². The van der Waals surface area contributed by atoms with Crippen LogP contribution in [0.4, 0.5) is 0 Å². The lowest BCUT2D eigenvalue weighted by Crippen LogP contribution is -2.33. The molecule has 128 valence electrons. The molecule has 25 heavy (non-hydrogen) atoms. The molecule has 6 heteroatoms. The van der Waals surface area contributed by atoms with E-state index in [1.807, 2.05) is 36.4 Å². The van der Waals surface area contributed by atoms with Gasteiger partial charge in [-0.3, -0.25) is 4.79 Å². The van der Waals surface area contributed by atoms with E-state index in [0.717, 1.165) is 5.56 Å². The minimum atomic E-state index is -0.190. The number of hydrogen-bond donors (Lipinski definition) is 1. The summed E-state index contributed by atoms with van der Waals surface area (Å²) in [6.45, 7) is 2.27. The summed E-state index contributed by atoms with van der Waals surface area (Å²) < 4.78 is 5.22. The van der Waals surface area contributed by atoms with Gasteiger partial charge in [-0.15, -0.1) is 0 Å². The first-order valence-corrected chi connectivity index (χ1v) is 8.03. The molecule has 3 aromatic rings. The van der Waals surface area contributed by atoms with Gasteiger partial charge in [-0.25, -0.2) is 0 Å². The number of nitrogens with zero attached hydrogens (tertiary/aromatic N) is 3. The molecular weight excluding hydrogens is 318 g/mol. The Morgan fingerprint density at radius 1 is 1.12 bits per heavy atom. The van der Waals surface area contributed by atoms with Crippen molar-refractivity contribution in [3.05, 3.63) is 71.5 Å². The molecule has 0 bridgehead atoms. The lowest BCUT2D eigenvalue weighted by atomic mass is 10.1. The molecule has 6 nitrogen and oxygen atoms in total. The third kappa shape index (κ3) is 3.92. The van der Waals surface area contributed by atoms with Crippen molar-refractivity contribution in [3.8, 4) is 11.5 Å². The Morgan fingerprint density at radius 3 is 2.52 bits per heavy atom. The minimum Gasteiger partial charge on any atom is -0.395 e. The van der Waals surface area contributed by atoms with Crippen LogP contribution in [0.25, 0.3) is 11.5 Å². The monoisotopic (exact) mass is 337 g/mol. The zero-order valence-electron chi connectivity index (χ0n) is 13.9. The van der Waals surface area contributed by atoms with Crippen LogP contribution < -0.4 is 0 Å². The van der Waals surface area contributed by atoms with Crippen molar-refractivity contribution < 1.29 is 14.4 Å². The van der Waals surface area contributed by atoms with Gasteiger partial charge in [0.15, 0.2) is 5.82 Å². The van der Waals surface area contributed by atoms with Crippen molar-refractivity contribution in [2.75, 3.05) is 13.2 Å². The molecule has 3 rings (SSSR count). The summed E-state index contributed by atoms with van der Waals surface area (Å²) in [4.78, 5) is 18.9. The second-order valence-electron chi connectivity index (χ2n) is 5.63. The molecule has 1 N–H and O–H groups in total. The van der Waals surface area contributed by atoms with Gasteiger partial charge in [0.2, 0.25) is 0 Å². The van der Waals surface area contributed by atoms with Gasteiger partial charge in [-0.1, -0.05) is 47.6 Å². The molecule has 0 radical (unpaired) electrons. The number of carbonyl (C=O) groups is 1. The number of aromatic nitrogens is 2. The largest absolute Gasteiger partial charge is 0.395 e. The maximum absolute atomic E-state index is 13.1. The zero-order valence-corrected chi connectivity index (χ0v) is 13.9. The van der Waals surface area contributed by atoms with E-state index in [0.29, 0.717) is 29.4 Å². The molecule has 0 aliphatic carbocycles. The number of aliphatic hydroxyl groups is 1. The maximum atomic E-state index is 13.1. The molecular formula is C19H19N3O3. The summed E-state index contributed by atoms with van der Waals surface area (Å²) >= 11 is 0. The topological polar surface area (TPSA) is 79.5 Å². The van der Waals surface area contributed by atoms with Gasteiger partial charge in [0.05, 0.1) is 17.7 Å². The Labute approximate surface area is 145 Å². The maximum Gasteiger partial charge on any atom is 0.258 e. The highest BCUT2D eigenvalue weighted by Crippen LogP contribution is 2.23. The molecule has 0 unspecified atom stereocenters. The highest BCUT2D eigenvalue weighted by molar-refractivity contribution is 6.00. The summed E-state index contributed by atoms with van der Waals surface area (Å²) in [5.41, 5.74) is 2.05. The first kappa shape index (κ1) is 16.9. The first-order chi connectivity index (χ1) is 12.2. The van der Waals surface area contributed by atoms with E-state index in [-0.39, 0.29) is 19.1 Å². The molecule has 0 aliphatic heterocycles. The molecule has 1 amide bonds. The van der Waals surface area contributed by atoms with Crippen LogP contribution in [0.1, 0.15) is 21.7 Å². The van der Waals surface area contributed by atoms with Crippen LogP contribution in [0.5, 0.6) is 0 Å². The molecule has 1 aromatic heterocycles. The molecule has 1 heterocycles. The smallest absolute Gasteiger partial charge is 0.258 e. The summed E-state index contributed by atoms with van der Waals surface area (Å²) in [7, 11) is 0. The quantitative estimate of drug-likeness (QED) is 0.748. The fourth-order valence-electron chi connectivity index (χ4n) is 2.61. The van der Waals surface area contributed by atoms with E-state index >= 15 is 0 Å². The summed E-state index contributed by atoms with van der Waals surface area (Å²) in [6.07, 6.45) is 0. The lowest BCUT2D eigenvalue weighted by Gasteiger charge is -2.22. The third-order valence-corrected chi connectivity index (χ3v) is 3.79. The number of carbonyl (C=O) groups excluding carboxylic acids is 1. The summed E-state index contributed by atoms with van der Waals surface area (Å²) in [6, 6.07) is 16.8. The number of aliphatic hydroxyl groups excluding tert-OH is 1. The zero-order chi connectivity index (χ0) is 17.6. The van der Waals surface area contributed by atoms with Crippen LogP contribution in [-0.2, 0) is 6.54 Å². The van der Waals surface area contributed by atoms with Crippen LogP contribution in [0.15, 0.2) is 59.1 Å². The highest BCUT2D eigenvalue weighted by atomic mass is 16.5. The van der Waals surface area contributed by atoms with Crippen molar-refractivity contribution in [1.82, 2.24) is 15.0 Å². The van der Waals surface area contributed by atoms with Crippen LogP contribution >= 0.6 is 0 Å². The Kier molecular flexibility index (Phi) is 5.20. The first-order valence-electron chi connectivity index (χ1n) is 8.03. The average Bonchev–Trinajstić information content (AvgIpc) is 3.08. The standard InChI is InChI=1S/C19H19N3O3/c1-14-20-18(25-21-14)16-9-5-6-10-17(16)19(24)22(11-12-23)13-15-7-3-2-4-8-15/h2-10,23H,11-13H2,1H3. The van der Waals surface area contributed by atoms with E-state index in [1.54, 1.807) is 30.0 Å². The predicted octanol–water partition coefficient (Wildman–Crippen LogP) is 2.68. The van der Waals surface area contributed by atoms with Crippen LogP contribution in [0.2, 0.25) is 0 Å². The number of aryl methyl sites for hydroxylation is 1. The van der Waals surface area contributed by atoms with Gasteiger partial charge >= 0.3 is 0 Å². The van der Waals surface area contributed by atoms with Crippen LogP contribution in [0.3, 0.4) is 0 Å². The van der Waals surface area contributed by atoms with Crippen molar-refractivity contribution in [2.24, 2.45) is 0 Å². The Hall–Kier alpha value is -2.99. The second-order valence-corrected chi connectivity index (χ2v) is 5.63. The minimum absolute atomic E-state index is 0.111. The Morgan fingerprint density at radius 2 is 1.84 bits per heavy atom. The van der Waals surface area contributed by atoms with Crippen molar-refractivity contribution in [2.45, 2.75) is 13.5 Å². The molecule has 0 saturated carbocycles. The number of hydrogen-bond acceptors (Lipinski definition) is 5. The number of rotatable bonds is 6. The van der Waals surface area contributed by atoms with Gasteiger partial charge in [-0.05, 0) is 24.6 Å². The van der Waals surface area contributed by atoms with Crippen LogP contribution in [-0.4, -0.2) is 39.2 Å². The molecule has 0 fully saturated rings. The molecule has 0 aliphatic rings. The van der Waals surface area contributed by atoms with E-state index < -0.39 is 0 Å². The van der Waals surface area contributed by atoms with Crippen molar-refractivity contribution >= 4 is 5.91 Å². The second kappa shape index (κ2) is 7.72. The number of benzene rings is 2. The van der Waals surface area contributed by atoms with Crippen molar-refractivity contribution in [3.63, 3.8) is 0 Å². The summed E-state index contributed by atoms with van der Waals surface area (Å²) in [5.74, 6) is 0.628. The van der Waals surface area contributed by atoms with Gasteiger partial charge in [-0.2, -0.15) is 4.98 Å². The molecule has 0 atom stereocenters. The normalized spacial score (nSPS) is 10.6. The summed E-state index contributed by atoms with van der Waals surface area (Å²) in [5, 5.41) is 13.2. The predicted molar refractivity (Wildman–Crippen MR) is 92.7 cm³/mol. The molecule has 0 spiro atoms. The average molecular weight is 337 g/mol. The van der Waals surface area contributed by atoms with E-state index in [4.69, 9.17) is 4.52 Å². The van der Waals surface area contributed by atoms with Gasteiger partial charge < -0.3 is 14.5 Å². The van der Waals surface area contributed by atoms with Crippen molar-refractivity contribution in [1.29, 1.82) is 0 Å². The van der Waals surface area contributed by atoms with E-state index in [1.165, 1.54) is 0 Å². The van der Waals surface area contributed by atoms with Gasteiger partial charge in [0, 0.05) is 13.1 Å². The Balaban J connectivity index is 1.92. The van der Waals surface area contributed by atoms with Crippen LogP contribution in [0, 0.1) is 6.92 Å². The SMILES string of the molecule is Cc1noc(-c2ccccc2C(=O)N(CCO)Cc2ccccc2)n1. The fraction of sp³-hybridized carbons (Fsp3) is 0.211.